The van der Waals surface area contributed by atoms with Gasteiger partial charge in [-0.15, -0.1) is 11.6 Å². The third-order valence-electron chi connectivity index (χ3n) is 2.87. The first-order valence-corrected chi connectivity index (χ1v) is 6.31. The average molecular weight is 246 g/mol. The second-order valence-corrected chi connectivity index (χ2v) is 4.45. The minimum Gasteiger partial charge on any atom is -0.324 e. The Morgan fingerprint density at radius 2 is 1.47 bits per heavy atom. The molecule has 0 heterocycles. The van der Waals surface area contributed by atoms with Gasteiger partial charge in [0.1, 0.15) is 0 Å². The fourth-order valence-corrected chi connectivity index (χ4v) is 2.07. The summed E-state index contributed by atoms with van der Waals surface area (Å²) in [6, 6.07) is 18.7. The summed E-state index contributed by atoms with van der Waals surface area (Å²) in [5.41, 5.74) is 9.60. The quantitative estimate of drug-likeness (QED) is 0.810. The van der Waals surface area contributed by atoms with E-state index in [4.69, 9.17) is 17.3 Å². The van der Waals surface area contributed by atoms with Crippen LogP contribution in [-0.4, -0.2) is 5.88 Å². The van der Waals surface area contributed by atoms with E-state index in [0.717, 1.165) is 12.0 Å². The van der Waals surface area contributed by atoms with E-state index >= 15 is 0 Å². The zero-order chi connectivity index (χ0) is 12.1. The SMILES string of the molecule is NC(CCCl)c1ccc(-c2ccccc2)cc1. The zero-order valence-electron chi connectivity index (χ0n) is 9.64. The minimum absolute atomic E-state index is 0.0392. The molecular weight excluding hydrogens is 230 g/mol. The summed E-state index contributed by atoms with van der Waals surface area (Å²) in [6.45, 7) is 0. The van der Waals surface area contributed by atoms with Gasteiger partial charge in [-0.1, -0.05) is 54.6 Å². The van der Waals surface area contributed by atoms with Crippen molar-refractivity contribution in [3.8, 4) is 11.1 Å². The van der Waals surface area contributed by atoms with Gasteiger partial charge in [-0.25, -0.2) is 0 Å². The maximum atomic E-state index is 6.01. The van der Waals surface area contributed by atoms with Crippen LogP contribution in [0, 0.1) is 0 Å². The molecule has 0 aromatic heterocycles. The molecular formula is C15H16ClN. The molecule has 0 spiro atoms. The van der Waals surface area contributed by atoms with Crippen molar-refractivity contribution in [3.05, 3.63) is 60.2 Å². The highest BCUT2D eigenvalue weighted by molar-refractivity contribution is 6.17. The number of rotatable bonds is 4. The number of nitrogens with two attached hydrogens (primary N) is 1. The molecule has 0 saturated carbocycles. The molecule has 0 radical (unpaired) electrons. The summed E-state index contributed by atoms with van der Waals surface area (Å²) in [5, 5.41) is 0. The van der Waals surface area contributed by atoms with Crippen molar-refractivity contribution in [3.63, 3.8) is 0 Å². The monoisotopic (exact) mass is 245 g/mol. The molecule has 0 aliphatic carbocycles. The van der Waals surface area contributed by atoms with Crippen LogP contribution in [0.25, 0.3) is 11.1 Å². The molecule has 2 aromatic carbocycles. The third-order valence-corrected chi connectivity index (χ3v) is 3.08. The molecule has 0 aliphatic heterocycles. The fraction of sp³-hybridized carbons (Fsp3) is 0.200. The maximum Gasteiger partial charge on any atom is 0.0306 e. The Balaban J connectivity index is 2.19. The van der Waals surface area contributed by atoms with Crippen molar-refractivity contribution in [2.45, 2.75) is 12.5 Å². The summed E-state index contributed by atoms with van der Waals surface area (Å²) in [7, 11) is 0. The van der Waals surface area contributed by atoms with Crippen LogP contribution in [0.2, 0.25) is 0 Å². The Morgan fingerprint density at radius 1 is 0.882 bits per heavy atom. The van der Waals surface area contributed by atoms with Crippen molar-refractivity contribution >= 4 is 11.6 Å². The van der Waals surface area contributed by atoms with Crippen LogP contribution in [0.15, 0.2) is 54.6 Å². The van der Waals surface area contributed by atoms with Gasteiger partial charge in [-0.3, -0.25) is 0 Å². The lowest BCUT2D eigenvalue weighted by Gasteiger charge is -2.10. The van der Waals surface area contributed by atoms with Crippen molar-refractivity contribution in [1.82, 2.24) is 0 Å². The standard InChI is InChI=1S/C15H16ClN/c16-11-10-15(17)14-8-6-13(7-9-14)12-4-2-1-3-5-12/h1-9,15H,10-11,17H2. The Kier molecular flexibility index (Phi) is 4.18. The zero-order valence-corrected chi connectivity index (χ0v) is 10.4. The van der Waals surface area contributed by atoms with Gasteiger partial charge in [0.2, 0.25) is 0 Å². The van der Waals surface area contributed by atoms with Gasteiger partial charge in [0, 0.05) is 11.9 Å². The molecule has 1 nitrogen and oxygen atoms in total. The number of hydrogen-bond donors (Lipinski definition) is 1. The Morgan fingerprint density at radius 3 is 2.06 bits per heavy atom. The molecule has 0 fully saturated rings. The predicted molar refractivity (Wildman–Crippen MR) is 74.1 cm³/mol. The van der Waals surface area contributed by atoms with E-state index in [9.17, 15) is 0 Å². The predicted octanol–water partition coefficient (Wildman–Crippen LogP) is 3.98. The summed E-state index contributed by atoms with van der Waals surface area (Å²) < 4.78 is 0. The Bertz CT molecular complexity index is 450. The molecule has 2 heteroatoms. The van der Waals surface area contributed by atoms with Gasteiger partial charge < -0.3 is 5.73 Å². The first-order valence-electron chi connectivity index (χ1n) is 5.78. The van der Waals surface area contributed by atoms with E-state index in [0.29, 0.717) is 5.88 Å². The number of hydrogen-bond acceptors (Lipinski definition) is 1. The van der Waals surface area contributed by atoms with E-state index in [1.807, 2.05) is 18.2 Å². The van der Waals surface area contributed by atoms with Gasteiger partial charge in [-0.05, 0) is 23.1 Å². The van der Waals surface area contributed by atoms with Gasteiger partial charge in [0.25, 0.3) is 0 Å². The van der Waals surface area contributed by atoms with Crippen LogP contribution in [0.3, 0.4) is 0 Å². The van der Waals surface area contributed by atoms with Crippen LogP contribution in [0.1, 0.15) is 18.0 Å². The van der Waals surface area contributed by atoms with E-state index in [2.05, 4.69) is 36.4 Å². The molecule has 0 amide bonds. The molecule has 17 heavy (non-hydrogen) atoms. The summed E-state index contributed by atoms with van der Waals surface area (Å²) >= 11 is 5.69. The molecule has 0 aliphatic rings. The maximum absolute atomic E-state index is 6.01. The van der Waals surface area contributed by atoms with Crippen LogP contribution in [0.5, 0.6) is 0 Å². The smallest absolute Gasteiger partial charge is 0.0306 e. The van der Waals surface area contributed by atoms with Crippen molar-refractivity contribution in [1.29, 1.82) is 0 Å². The van der Waals surface area contributed by atoms with Crippen molar-refractivity contribution in [2.75, 3.05) is 5.88 Å². The van der Waals surface area contributed by atoms with Crippen LogP contribution in [0.4, 0.5) is 0 Å². The molecule has 1 unspecified atom stereocenters. The first-order chi connectivity index (χ1) is 8.31. The summed E-state index contributed by atoms with van der Waals surface area (Å²) in [6.07, 6.45) is 0.812. The van der Waals surface area contributed by atoms with E-state index in [-0.39, 0.29) is 6.04 Å². The molecule has 2 N–H and O–H groups in total. The Labute approximate surface area is 107 Å². The minimum atomic E-state index is 0.0392. The lowest BCUT2D eigenvalue weighted by Crippen LogP contribution is -2.10. The largest absolute Gasteiger partial charge is 0.324 e. The van der Waals surface area contributed by atoms with Gasteiger partial charge in [0.05, 0.1) is 0 Å². The highest BCUT2D eigenvalue weighted by Gasteiger charge is 2.05. The molecule has 1 atom stereocenters. The van der Waals surface area contributed by atoms with E-state index in [1.165, 1.54) is 11.1 Å². The lowest BCUT2D eigenvalue weighted by molar-refractivity contribution is 0.703. The lowest BCUT2D eigenvalue weighted by atomic mass is 10.0. The number of benzene rings is 2. The highest BCUT2D eigenvalue weighted by atomic mass is 35.5. The normalized spacial score (nSPS) is 12.4. The summed E-state index contributed by atoms with van der Waals surface area (Å²) in [5.74, 6) is 0.599. The van der Waals surface area contributed by atoms with E-state index in [1.54, 1.807) is 0 Å². The van der Waals surface area contributed by atoms with Crippen molar-refractivity contribution < 1.29 is 0 Å². The average Bonchev–Trinajstić information content (AvgIpc) is 2.40. The molecule has 2 rings (SSSR count). The number of alkyl halides is 1. The molecule has 2 aromatic rings. The van der Waals surface area contributed by atoms with Crippen LogP contribution >= 0.6 is 11.6 Å². The first kappa shape index (κ1) is 12.2. The highest BCUT2D eigenvalue weighted by Crippen LogP contribution is 2.22. The van der Waals surface area contributed by atoms with Crippen LogP contribution in [-0.2, 0) is 0 Å². The molecule has 0 bridgehead atoms. The van der Waals surface area contributed by atoms with Crippen molar-refractivity contribution in [2.24, 2.45) is 5.73 Å². The van der Waals surface area contributed by atoms with Gasteiger partial charge >= 0.3 is 0 Å². The topological polar surface area (TPSA) is 26.0 Å². The van der Waals surface area contributed by atoms with Gasteiger partial charge in [-0.2, -0.15) is 0 Å². The second-order valence-electron chi connectivity index (χ2n) is 4.07. The number of halogens is 1. The third kappa shape index (κ3) is 3.09. The summed E-state index contributed by atoms with van der Waals surface area (Å²) in [4.78, 5) is 0. The van der Waals surface area contributed by atoms with Gasteiger partial charge in [0.15, 0.2) is 0 Å². The molecule has 0 saturated heterocycles. The second kappa shape index (κ2) is 5.85. The fourth-order valence-electron chi connectivity index (χ4n) is 1.84. The van der Waals surface area contributed by atoms with Crippen LogP contribution < -0.4 is 5.73 Å². The Hall–Kier alpha value is -1.31. The molecule has 88 valence electrons. The van der Waals surface area contributed by atoms with E-state index < -0.39 is 0 Å².